The summed E-state index contributed by atoms with van der Waals surface area (Å²) in [5.74, 6) is -3.41. The second-order valence-electron chi connectivity index (χ2n) is 5.61. The number of hydrogen-bond donors (Lipinski definition) is 8. The quantitative estimate of drug-likeness (QED) is 0.204. The van der Waals surface area contributed by atoms with Crippen molar-refractivity contribution in [2.75, 3.05) is 32.9 Å². The largest absolute Gasteiger partial charge is 0.480 e. The maximum atomic E-state index is 10.2. The van der Waals surface area contributed by atoms with Crippen LogP contribution in [-0.4, -0.2) is 94.2 Å². The van der Waals surface area contributed by atoms with Crippen LogP contribution in [0.5, 0.6) is 0 Å². The summed E-state index contributed by atoms with van der Waals surface area (Å²) in [5.41, 5.74) is 14.8. The highest BCUT2D eigenvalue weighted by Crippen LogP contribution is 2.04. The van der Waals surface area contributed by atoms with Gasteiger partial charge in [0.25, 0.3) is 0 Å². The number of aliphatic carboxylic acids is 4. The Morgan fingerprint density at radius 2 is 1.36 bits per heavy atom. The molecule has 13 heteroatoms. The summed E-state index contributed by atoms with van der Waals surface area (Å²) in [6.45, 7) is 3.59. The molecule has 168 valence electrons. The van der Waals surface area contributed by atoms with Crippen LogP contribution in [0, 0.1) is 5.92 Å². The van der Waals surface area contributed by atoms with Crippen molar-refractivity contribution >= 4 is 36.5 Å². The van der Waals surface area contributed by atoms with Gasteiger partial charge in [0.2, 0.25) is 0 Å². The van der Waals surface area contributed by atoms with Crippen LogP contribution in [0.3, 0.4) is 0 Å². The summed E-state index contributed by atoms with van der Waals surface area (Å²) >= 11 is 3.65. The Morgan fingerprint density at radius 3 is 1.39 bits per heavy atom. The van der Waals surface area contributed by atoms with E-state index in [4.69, 9.17) is 31.9 Å². The monoisotopic (exact) mass is 430 g/mol. The predicted octanol–water partition coefficient (Wildman–Crippen LogP) is -1.57. The molecule has 28 heavy (non-hydrogen) atoms. The number of nitrogens with zero attached hydrogens (tertiary/aromatic N) is 1. The fourth-order valence-corrected chi connectivity index (χ4v) is 1.00. The van der Waals surface area contributed by atoms with E-state index < -0.39 is 36.0 Å². The van der Waals surface area contributed by atoms with Gasteiger partial charge in [0.1, 0.15) is 12.1 Å². The molecule has 0 heterocycles. The molecule has 0 aromatic carbocycles. The normalized spacial score (nSPS) is 12.5. The van der Waals surface area contributed by atoms with E-state index in [0.29, 0.717) is 0 Å². The number of rotatable bonds is 8. The maximum Gasteiger partial charge on any atom is 0.321 e. The van der Waals surface area contributed by atoms with E-state index in [9.17, 15) is 19.2 Å². The number of carboxylic acid groups (broad SMARTS) is 4. The number of thiol groups is 1. The van der Waals surface area contributed by atoms with Gasteiger partial charge >= 0.3 is 23.9 Å². The molecule has 10 N–H and O–H groups in total. The van der Waals surface area contributed by atoms with Crippen molar-refractivity contribution in [1.29, 1.82) is 0 Å². The molecule has 0 fully saturated rings. The van der Waals surface area contributed by atoms with Gasteiger partial charge < -0.3 is 37.6 Å². The lowest BCUT2D eigenvalue weighted by Crippen LogP contribution is -2.36. The van der Waals surface area contributed by atoms with Crippen molar-refractivity contribution in [2.24, 2.45) is 23.1 Å². The zero-order valence-corrected chi connectivity index (χ0v) is 17.5. The molecule has 0 bridgehead atoms. The van der Waals surface area contributed by atoms with Gasteiger partial charge in [-0.25, -0.2) is 0 Å². The van der Waals surface area contributed by atoms with Crippen molar-refractivity contribution in [3.8, 4) is 0 Å². The first kappa shape index (κ1) is 33.6. The van der Waals surface area contributed by atoms with Crippen molar-refractivity contribution in [2.45, 2.75) is 32.4 Å². The molecule has 0 aliphatic heterocycles. The summed E-state index contributed by atoms with van der Waals surface area (Å²) in [5, 5.41) is 32.0. The van der Waals surface area contributed by atoms with E-state index in [1.54, 1.807) is 19.0 Å². The summed E-state index contributed by atoms with van der Waals surface area (Å²) in [7, 11) is 3.43. The lowest BCUT2D eigenvalue weighted by molar-refractivity contribution is -0.140. The summed E-state index contributed by atoms with van der Waals surface area (Å²) in [6.07, 6.45) is 0.813. The molecule has 0 unspecified atom stereocenters. The standard InChI is InChI=1S/C6H13NO2.C4H9NO2.C3H7NO2S.C2H5NO2/c1-3-4(2)5(7)6(8)9;1-5(2)3-4(6)7;4-2(1-7)3(5)6;3-1-2(4)5/h4-5H,3,7H2,1-2H3,(H,8,9);3H2,1-2H3,(H,6,7);2,7H,1,4H2,(H,5,6);1,3H2,(H,4,5)/t4-,5-;;2-;/m0.0./s1. The third kappa shape index (κ3) is 31.8. The van der Waals surface area contributed by atoms with Gasteiger partial charge in [0.15, 0.2) is 0 Å². The van der Waals surface area contributed by atoms with Crippen molar-refractivity contribution in [1.82, 2.24) is 4.90 Å². The average molecular weight is 431 g/mol. The van der Waals surface area contributed by atoms with Gasteiger partial charge in [0, 0.05) is 5.75 Å². The minimum absolute atomic E-state index is 0.0718. The number of hydrogen-bond acceptors (Lipinski definition) is 9. The number of likely N-dealkylation sites (N-methyl/N-ethyl adjacent to an activating group) is 1. The van der Waals surface area contributed by atoms with E-state index in [1.165, 1.54) is 0 Å². The van der Waals surface area contributed by atoms with Crippen LogP contribution >= 0.6 is 12.6 Å². The number of carboxylic acids is 4. The Balaban J connectivity index is -0.000000140. The van der Waals surface area contributed by atoms with Gasteiger partial charge in [-0.3, -0.25) is 24.1 Å². The Morgan fingerprint density at radius 1 is 0.964 bits per heavy atom. The van der Waals surface area contributed by atoms with Crippen molar-refractivity contribution < 1.29 is 39.6 Å². The SMILES string of the molecule is CC[C@H](C)[C@H](N)C(=O)O.CN(C)CC(=O)O.NCC(=O)O.N[C@@H](CS)C(=O)O. The van der Waals surface area contributed by atoms with Crippen LogP contribution in [0.15, 0.2) is 0 Å². The van der Waals surface area contributed by atoms with E-state index in [-0.39, 0.29) is 24.8 Å². The summed E-state index contributed by atoms with van der Waals surface area (Å²) in [6, 6.07) is -1.52. The third-order valence-electron chi connectivity index (χ3n) is 2.68. The molecule has 0 aromatic heterocycles. The fourth-order valence-electron chi connectivity index (χ4n) is 0.846. The minimum atomic E-state index is -1.00. The van der Waals surface area contributed by atoms with Crippen LogP contribution in [-0.2, 0) is 19.2 Å². The zero-order chi connectivity index (χ0) is 23.4. The molecule has 0 amide bonds. The molecule has 0 rings (SSSR count). The van der Waals surface area contributed by atoms with Gasteiger partial charge in [0.05, 0.1) is 13.1 Å². The van der Waals surface area contributed by atoms with Gasteiger partial charge in [-0.05, 0) is 20.0 Å². The smallest absolute Gasteiger partial charge is 0.321 e. The van der Waals surface area contributed by atoms with E-state index in [1.807, 2.05) is 13.8 Å². The molecule has 0 radical (unpaired) electrons. The third-order valence-corrected chi connectivity index (χ3v) is 3.08. The van der Waals surface area contributed by atoms with Crippen molar-refractivity contribution in [3.05, 3.63) is 0 Å². The summed E-state index contributed by atoms with van der Waals surface area (Å²) in [4.78, 5) is 40.5. The molecule has 0 saturated heterocycles. The van der Waals surface area contributed by atoms with Crippen molar-refractivity contribution in [3.63, 3.8) is 0 Å². The number of nitrogens with two attached hydrogens (primary N) is 3. The Hall–Kier alpha value is -1.93. The molecule has 0 aliphatic rings. The van der Waals surface area contributed by atoms with E-state index >= 15 is 0 Å². The minimum Gasteiger partial charge on any atom is -0.480 e. The van der Waals surface area contributed by atoms with E-state index in [0.717, 1.165) is 6.42 Å². The summed E-state index contributed by atoms with van der Waals surface area (Å²) < 4.78 is 0. The molecule has 12 nitrogen and oxygen atoms in total. The fraction of sp³-hybridized carbons (Fsp3) is 0.733. The van der Waals surface area contributed by atoms with Crippen LogP contribution in [0.25, 0.3) is 0 Å². The molecule has 0 aromatic rings. The highest BCUT2D eigenvalue weighted by Gasteiger charge is 2.17. The second-order valence-corrected chi connectivity index (χ2v) is 5.97. The predicted molar refractivity (Wildman–Crippen MR) is 107 cm³/mol. The topological polar surface area (TPSA) is 230 Å². The molecule has 3 atom stereocenters. The molecule has 0 saturated carbocycles. The zero-order valence-electron chi connectivity index (χ0n) is 16.6. The molecule has 0 spiro atoms. The highest BCUT2D eigenvalue weighted by molar-refractivity contribution is 7.80. The number of carbonyl (C=O) groups is 4. The first-order chi connectivity index (χ1) is 12.7. The lowest BCUT2D eigenvalue weighted by atomic mass is 10.0. The lowest BCUT2D eigenvalue weighted by Gasteiger charge is -2.11. The van der Waals surface area contributed by atoms with Crippen LogP contribution in [0.4, 0.5) is 0 Å². The first-order valence-electron chi connectivity index (χ1n) is 8.03. The molecular weight excluding hydrogens is 396 g/mol. The molecular formula is C15H34N4O8S. The highest BCUT2D eigenvalue weighted by atomic mass is 32.1. The van der Waals surface area contributed by atoms with Gasteiger partial charge in [-0.1, -0.05) is 20.3 Å². The average Bonchev–Trinajstić information content (AvgIpc) is 2.59. The van der Waals surface area contributed by atoms with E-state index in [2.05, 4.69) is 18.4 Å². The van der Waals surface area contributed by atoms with Gasteiger partial charge in [-0.15, -0.1) is 0 Å². The second kappa shape index (κ2) is 21.4. The van der Waals surface area contributed by atoms with Crippen LogP contribution in [0.1, 0.15) is 20.3 Å². The molecule has 0 aliphatic carbocycles. The Kier molecular flexibility index (Phi) is 25.7. The van der Waals surface area contributed by atoms with Crippen LogP contribution < -0.4 is 17.2 Å². The van der Waals surface area contributed by atoms with Crippen LogP contribution in [0.2, 0.25) is 0 Å². The first-order valence-corrected chi connectivity index (χ1v) is 8.66. The Labute approximate surface area is 170 Å². The maximum absolute atomic E-state index is 10.2. The van der Waals surface area contributed by atoms with Gasteiger partial charge in [-0.2, -0.15) is 12.6 Å². The Bertz CT molecular complexity index is 452.